The molecule has 0 saturated carbocycles. The van der Waals surface area contributed by atoms with Crippen molar-refractivity contribution >= 4 is 11.7 Å². The highest BCUT2D eigenvalue weighted by Crippen LogP contribution is 2.22. The van der Waals surface area contributed by atoms with Crippen molar-refractivity contribution in [2.45, 2.75) is 26.3 Å². The van der Waals surface area contributed by atoms with Gasteiger partial charge in [0.25, 0.3) is 0 Å². The number of imidazole rings is 1. The number of anilines is 1. The van der Waals surface area contributed by atoms with Gasteiger partial charge in [-0.15, -0.1) is 0 Å². The molecule has 1 fully saturated rings. The van der Waals surface area contributed by atoms with Gasteiger partial charge in [0.2, 0.25) is 0 Å². The molecule has 0 spiro atoms. The van der Waals surface area contributed by atoms with E-state index in [4.69, 9.17) is 0 Å². The summed E-state index contributed by atoms with van der Waals surface area (Å²) in [5.41, 5.74) is 1.80. The molecule has 1 aliphatic heterocycles. The number of aromatic nitrogens is 2. The Morgan fingerprint density at radius 3 is 2.84 bits per heavy atom. The number of aryl methyl sites for hydroxylation is 1. The summed E-state index contributed by atoms with van der Waals surface area (Å²) in [5.74, 6) is 0.888. The molecule has 3 rings (SSSR count). The zero-order chi connectivity index (χ0) is 17.8. The normalized spacial score (nSPS) is 17.3. The minimum Gasteiger partial charge on any atom is -0.334 e. The lowest BCUT2D eigenvalue weighted by molar-refractivity contribution is 0.202. The lowest BCUT2D eigenvalue weighted by atomic mass is 10.2. The standard InChI is InChI=1S/C19H27N5O/c1-4-23(5-2)17-9-11-24(14-17)19(25)21-16-8-6-7-15(13-16)18-20-10-12-22(18)3/h6-8,10,12-13,17H,4-5,9,11,14H2,1-3H3,(H,21,25)/t17-/m0/s1. The molecule has 6 heteroatoms. The highest BCUT2D eigenvalue weighted by Gasteiger charge is 2.29. The molecule has 134 valence electrons. The van der Waals surface area contributed by atoms with Crippen molar-refractivity contribution in [2.75, 3.05) is 31.5 Å². The summed E-state index contributed by atoms with van der Waals surface area (Å²) in [4.78, 5) is 21.3. The van der Waals surface area contributed by atoms with Crippen LogP contribution in [0.2, 0.25) is 0 Å². The molecule has 2 amide bonds. The molecule has 1 N–H and O–H groups in total. The molecule has 25 heavy (non-hydrogen) atoms. The summed E-state index contributed by atoms with van der Waals surface area (Å²) in [6.45, 7) is 8.02. The average Bonchev–Trinajstić information content (AvgIpc) is 3.26. The Bertz CT molecular complexity index is 722. The molecule has 1 aromatic heterocycles. The van der Waals surface area contributed by atoms with Crippen LogP contribution in [0.4, 0.5) is 10.5 Å². The van der Waals surface area contributed by atoms with E-state index in [1.54, 1.807) is 6.20 Å². The number of hydrogen-bond donors (Lipinski definition) is 1. The summed E-state index contributed by atoms with van der Waals surface area (Å²) in [6.07, 6.45) is 4.73. The number of rotatable bonds is 5. The lowest BCUT2D eigenvalue weighted by Crippen LogP contribution is -2.39. The van der Waals surface area contributed by atoms with E-state index in [0.717, 1.165) is 49.7 Å². The summed E-state index contributed by atoms with van der Waals surface area (Å²) in [7, 11) is 1.96. The van der Waals surface area contributed by atoms with Crippen LogP contribution in [-0.2, 0) is 7.05 Å². The SMILES string of the molecule is CCN(CC)[C@H]1CCN(C(=O)Nc2cccc(-c3nccn3C)c2)C1. The summed E-state index contributed by atoms with van der Waals surface area (Å²) < 4.78 is 1.97. The van der Waals surface area contributed by atoms with Crippen molar-refractivity contribution in [3.63, 3.8) is 0 Å². The smallest absolute Gasteiger partial charge is 0.321 e. The molecule has 1 aromatic carbocycles. The summed E-state index contributed by atoms with van der Waals surface area (Å²) in [6, 6.07) is 8.29. The van der Waals surface area contributed by atoms with Crippen molar-refractivity contribution in [3.8, 4) is 11.4 Å². The zero-order valence-electron chi connectivity index (χ0n) is 15.3. The number of likely N-dealkylation sites (tertiary alicyclic amines) is 1. The van der Waals surface area contributed by atoms with E-state index in [-0.39, 0.29) is 6.03 Å². The van der Waals surface area contributed by atoms with E-state index in [1.807, 2.05) is 47.0 Å². The molecule has 2 heterocycles. The predicted molar refractivity (Wildman–Crippen MR) is 101 cm³/mol. The van der Waals surface area contributed by atoms with E-state index in [1.165, 1.54) is 0 Å². The highest BCUT2D eigenvalue weighted by atomic mass is 16.2. The zero-order valence-corrected chi connectivity index (χ0v) is 15.3. The third kappa shape index (κ3) is 3.85. The number of hydrogen-bond acceptors (Lipinski definition) is 3. The maximum absolute atomic E-state index is 12.6. The van der Waals surface area contributed by atoms with Crippen LogP contribution in [0.5, 0.6) is 0 Å². The van der Waals surface area contributed by atoms with Gasteiger partial charge in [-0.2, -0.15) is 0 Å². The van der Waals surface area contributed by atoms with Crippen molar-refractivity contribution < 1.29 is 4.79 Å². The van der Waals surface area contributed by atoms with Crippen LogP contribution in [0.1, 0.15) is 20.3 Å². The Balaban J connectivity index is 1.65. The molecule has 6 nitrogen and oxygen atoms in total. The van der Waals surface area contributed by atoms with Crippen LogP contribution in [0.15, 0.2) is 36.7 Å². The average molecular weight is 341 g/mol. The van der Waals surface area contributed by atoms with E-state index >= 15 is 0 Å². The fraction of sp³-hybridized carbons (Fsp3) is 0.474. The number of carbonyl (C=O) groups is 1. The van der Waals surface area contributed by atoms with Gasteiger partial charge in [0.05, 0.1) is 0 Å². The van der Waals surface area contributed by atoms with E-state index < -0.39 is 0 Å². The van der Waals surface area contributed by atoms with Gasteiger partial charge in [0.1, 0.15) is 5.82 Å². The van der Waals surface area contributed by atoms with Crippen LogP contribution in [0, 0.1) is 0 Å². The minimum absolute atomic E-state index is 0.0216. The molecule has 0 aliphatic carbocycles. The Morgan fingerprint density at radius 1 is 1.36 bits per heavy atom. The number of urea groups is 1. The number of benzene rings is 1. The summed E-state index contributed by atoms with van der Waals surface area (Å²) in [5, 5.41) is 3.03. The first-order valence-corrected chi connectivity index (χ1v) is 9.00. The van der Waals surface area contributed by atoms with Crippen molar-refractivity contribution in [1.82, 2.24) is 19.4 Å². The molecule has 1 saturated heterocycles. The summed E-state index contributed by atoms with van der Waals surface area (Å²) >= 11 is 0. The Labute approximate surface area is 149 Å². The van der Waals surface area contributed by atoms with Gasteiger partial charge in [0, 0.05) is 49.8 Å². The van der Waals surface area contributed by atoms with Gasteiger partial charge in [0.15, 0.2) is 0 Å². The molecule has 0 unspecified atom stereocenters. The van der Waals surface area contributed by atoms with E-state index in [0.29, 0.717) is 6.04 Å². The van der Waals surface area contributed by atoms with Gasteiger partial charge >= 0.3 is 6.03 Å². The number of carbonyl (C=O) groups excluding carboxylic acids is 1. The maximum atomic E-state index is 12.6. The molecular formula is C19H27N5O. The molecule has 0 bridgehead atoms. The van der Waals surface area contributed by atoms with Crippen molar-refractivity contribution in [3.05, 3.63) is 36.7 Å². The molecule has 2 aromatic rings. The minimum atomic E-state index is -0.0216. The van der Waals surface area contributed by atoms with Gasteiger partial charge in [-0.1, -0.05) is 26.0 Å². The number of amides is 2. The quantitative estimate of drug-likeness (QED) is 0.909. The van der Waals surface area contributed by atoms with Crippen LogP contribution < -0.4 is 5.32 Å². The van der Waals surface area contributed by atoms with Gasteiger partial charge in [-0.3, -0.25) is 4.90 Å². The van der Waals surface area contributed by atoms with Crippen molar-refractivity contribution in [2.24, 2.45) is 7.05 Å². The number of likely N-dealkylation sites (N-methyl/N-ethyl adjacent to an activating group) is 1. The van der Waals surface area contributed by atoms with E-state index in [2.05, 4.69) is 29.0 Å². The molecule has 0 radical (unpaired) electrons. The lowest BCUT2D eigenvalue weighted by Gasteiger charge is -2.26. The number of nitrogens with one attached hydrogen (secondary N) is 1. The first kappa shape index (κ1) is 17.5. The Kier molecular flexibility index (Phi) is 5.38. The van der Waals surface area contributed by atoms with E-state index in [9.17, 15) is 4.79 Å². The highest BCUT2D eigenvalue weighted by molar-refractivity contribution is 5.90. The van der Waals surface area contributed by atoms with Crippen LogP contribution in [-0.4, -0.2) is 57.6 Å². The van der Waals surface area contributed by atoms with Crippen LogP contribution in [0.25, 0.3) is 11.4 Å². The predicted octanol–water partition coefficient (Wildman–Crippen LogP) is 3.04. The maximum Gasteiger partial charge on any atom is 0.321 e. The van der Waals surface area contributed by atoms with Crippen molar-refractivity contribution in [1.29, 1.82) is 0 Å². The van der Waals surface area contributed by atoms with Crippen LogP contribution >= 0.6 is 0 Å². The second kappa shape index (κ2) is 7.70. The molecule has 1 atom stereocenters. The van der Waals surface area contributed by atoms with Crippen LogP contribution in [0.3, 0.4) is 0 Å². The topological polar surface area (TPSA) is 53.4 Å². The fourth-order valence-corrected chi connectivity index (χ4v) is 3.55. The second-order valence-electron chi connectivity index (χ2n) is 6.48. The Morgan fingerprint density at radius 2 is 2.16 bits per heavy atom. The number of nitrogens with zero attached hydrogens (tertiary/aromatic N) is 4. The monoisotopic (exact) mass is 341 g/mol. The van der Waals surface area contributed by atoms with Gasteiger partial charge < -0.3 is 14.8 Å². The first-order chi connectivity index (χ1) is 12.1. The second-order valence-corrected chi connectivity index (χ2v) is 6.48. The first-order valence-electron chi connectivity index (χ1n) is 9.00. The third-order valence-corrected chi connectivity index (χ3v) is 4.97. The van der Waals surface area contributed by atoms with Gasteiger partial charge in [-0.25, -0.2) is 9.78 Å². The van der Waals surface area contributed by atoms with Gasteiger partial charge in [-0.05, 0) is 31.6 Å². The fourth-order valence-electron chi connectivity index (χ4n) is 3.55. The largest absolute Gasteiger partial charge is 0.334 e. The molecule has 1 aliphatic rings. The third-order valence-electron chi connectivity index (χ3n) is 4.97. The molecular weight excluding hydrogens is 314 g/mol. The Hall–Kier alpha value is -2.34.